The van der Waals surface area contributed by atoms with Crippen LogP contribution in [0.25, 0.3) is 22.0 Å². The first-order valence-electron chi connectivity index (χ1n) is 13.1. The molecular formula is C30H25F3N2O5S. The number of hydrogen-bond acceptors (Lipinski definition) is 5. The molecule has 1 saturated carbocycles. The minimum absolute atomic E-state index is 0.00208. The van der Waals surface area contributed by atoms with Crippen molar-refractivity contribution in [3.8, 4) is 11.1 Å². The number of nitrogens with zero attached hydrogens (tertiary/aromatic N) is 2. The number of ether oxygens (including phenoxy) is 1. The second-order valence-electron chi connectivity index (χ2n) is 10.3. The Kier molecular flexibility index (Phi) is 6.54. The van der Waals surface area contributed by atoms with Crippen LogP contribution in [0.5, 0.6) is 0 Å². The SMILES string of the molecule is CCOC(=O)c1cn(C2CC2)c2cc(-c3cc(F)c4c(c3F)CN(S(=O)(=O)c3ccc(C)cc3)C4)c(F)cc2c1=O. The molecule has 0 spiro atoms. The lowest BCUT2D eigenvalue weighted by atomic mass is 9.97. The van der Waals surface area contributed by atoms with E-state index in [9.17, 15) is 18.0 Å². The van der Waals surface area contributed by atoms with Crippen LogP contribution in [0.15, 0.2) is 58.4 Å². The molecule has 0 unspecified atom stereocenters. The quantitative estimate of drug-likeness (QED) is 0.276. The van der Waals surface area contributed by atoms with E-state index in [4.69, 9.17) is 4.74 Å². The lowest BCUT2D eigenvalue weighted by Crippen LogP contribution is -2.25. The number of pyridine rings is 1. The monoisotopic (exact) mass is 582 g/mol. The van der Waals surface area contributed by atoms with Gasteiger partial charge in [0.05, 0.1) is 17.0 Å². The fourth-order valence-corrected chi connectivity index (χ4v) is 6.65. The molecule has 0 saturated heterocycles. The summed E-state index contributed by atoms with van der Waals surface area (Å²) in [6.45, 7) is 2.68. The fourth-order valence-electron chi connectivity index (χ4n) is 5.27. The van der Waals surface area contributed by atoms with Gasteiger partial charge in [0, 0.05) is 53.0 Å². The van der Waals surface area contributed by atoms with Crippen LogP contribution in [0.2, 0.25) is 0 Å². The molecule has 1 aliphatic carbocycles. The molecule has 2 aliphatic rings. The standard InChI is InChI=1S/C30H25F3N2O5S/c1-3-40-30(37)24-15-35(17-6-7-17)27-12-19(25(31)11-21(27)29(24)36)20-10-26(32)22-13-34(14-23(22)28(20)33)41(38,39)18-8-4-16(2)5-9-18/h4-5,8-12,15,17H,3,6-7,13-14H2,1-2H3. The number of rotatable bonds is 6. The summed E-state index contributed by atoms with van der Waals surface area (Å²) in [5, 5.41) is -0.0823. The van der Waals surface area contributed by atoms with Gasteiger partial charge in [0.2, 0.25) is 15.5 Å². The molecule has 6 rings (SSSR count). The minimum atomic E-state index is -4.05. The molecule has 0 bridgehead atoms. The van der Waals surface area contributed by atoms with Crippen LogP contribution in [-0.4, -0.2) is 29.9 Å². The second-order valence-corrected chi connectivity index (χ2v) is 12.3. The van der Waals surface area contributed by atoms with Gasteiger partial charge < -0.3 is 9.30 Å². The minimum Gasteiger partial charge on any atom is -0.462 e. The van der Waals surface area contributed by atoms with Crippen molar-refractivity contribution in [2.45, 2.75) is 50.7 Å². The maximum atomic E-state index is 16.0. The number of carbonyl (C=O) groups excluding carboxylic acids is 1. The van der Waals surface area contributed by atoms with Gasteiger partial charge in [0.1, 0.15) is 23.0 Å². The van der Waals surface area contributed by atoms with Crippen molar-refractivity contribution in [1.82, 2.24) is 8.87 Å². The molecule has 0 atom stereocenters. The van der Waals surface area contributed by atoms with Crippen LogP contribution in [-0.2, 0) is 27.8 Å². The van der Waals surface area contributed by atoms with Crippen molar-refractivity contribution in [1.29, 1.82) is 0 Å². The van der Waals surface area contributed by atoms with E-state index in [-0.39, 0.29) is 62.8 Å². The van der Waals surface area contributed by atoms with Crippen LogP contribution in [0.1, 0.15) is 52.9 Å². The largest absolute Gasteiger partial charge is 0.462 e. The molecule has 0 amide bonds. The Balaban J connectivity index is 1.46. The van der Waals surface area contributed by atoms with E-state index in [1.807, 2.05) is 6.92 Å². The molecule has 3 aromatic carbocycles. The van der Waals surface area contributed by atoms with Gasteiger partial charge in [-0.3, -0.25) is 4.79 Å². The maximum Gasteiger partial charge on any atom is 0.343 e. The third-order valence-electron chi connectivity index (χ3n) is 7.60. The molecule has 1 aliphatic heterocycles. The molecule has 0 N–H and O–H groups in total. The van der Waals surface area contributed by atoms with Gasteiger partial charge in [-0.05, 0) is 57.0 Å². The third kappa shape index (κ3) is 4.53. The molecule has 4 aromatic rings. The first kappa shape index (κ1) is 27.2. The van der Waals surface area contributed by atoms with Gasteiger partial charge >= 0.3 is 5.97 Å². The maximum absolute atomic E-state index is 16.0. The van der Waals surface area contributed by atoms with Crippen molar-refractivity contribution < 1.29 is 31.1 Å². The molecule has 0 radical (unpaired) electrons. The Labute approximate surface area is 233 Å². The highest BCUT2D eigenvalue weighted by Crippen LogP contribution is 2.41. The molecule has 1 fully saturated rings. The van der Waals surface area contributed by atoms with E-state index in [1.54, 1.807) is 23.6 Å². The number of fused-ring (bicyclic) bond motifs is 2. The third-order valence-corrected chi connectivity index (χ3v) is 9.41. The van der Waals surface area contributed by atoms with Gasteiger partial charge in [-0.25, -0.2) is 26.4 Å². The summed E-state index contributed by atoms with van der Waals surface area (Å²) in [4.78, 5) is 25.5. The van der Waals surface area contributed by atoms with E-state index in [1.165, 1.54) is 24.4 Å². The summed E-state index contributed by atoms with van der Waals surface area (Å²) in [5.74, 6) is -3.62. The van der Waals surface area contributed by atoms with E-state index in [0.717, 1.165) is 34.8 Å². The van der Waals surface area contributed by atoms with Gasteiger partial charge in [-0.15, -0.1) is 0 Å². The van der Waals surface area contributed by atoms with Crippen LogP contribution in [0.3, 0.4) is 0 Å². The fraction of sp³-hybridized carbons (Fsp3) is 0.267. The molecular weight excluding hydrogens is 557 g/mol. The lowest BCUT2D eigenvalue weighted by Gasteiger charge is -2.16. The molecule has 41 heavy (non-hydrogen) atoms. The van der Waals surface area contributed by atoms with Gasteiger partial charge in [-0.1, -0.05) is 17.7 Å². The van der Waals surface area contributed by atoms with Crippen molar-refractivity contribution in [2.24, 2.45) is 0 Å². The predicted molar refractivity (Wildman–Crippen MR) is 145 cm³/mol. The highest BCUT2D eigenvalue weighted by atomic mass is 32.2. The summed E-state index contributed by atoms with van der Waals surface area (Å²) in [6, 6.07) is 9.14. The Morgan fingerprint density at radius 2 is 1.66 bits per heavy atom. The van der Waals surface area contributed by atoms with Crippen molar-refractivity contribution in [3.05, 3.63) is 98.6 Å². The molecule has 2 heterocycles. The summed E-state index contributed by atoms with van der Waals surface area (Å²) >= 11 is 0. The molecule has 212 valence electrons. The summed E-state index contributed by atoms with van der Waals surface area (Å²) < 4.78 is 80.9. The number of halogens is 3. The number of benzene rings is 3. The summed E-state index contributed by atoms with van der Waals surface area (Å²) in [7, 11) is -4.05. The summed E-state index contributed by atoms with van der Waals surface area (Å²) in [5.41, 5.74) is -0.789. The Hall–Kier alpha value is -3.96. The second kappa shape index (κ2) is 9.85. The summed E-state index contributed by atoms with van der Waals surface area (Å²) in [6.07, 6.45) is 2.90. The predicted octanol–water partition coefficient (Wildman–Crippen LogP) is 5.61. The molecule has 11 heteroatoms. The number of carbonyl (C=O) groups is 1. The van der Waals surface area contributed by atoms with Crippen molar-refractivity contribution in [2.75, 3.05) is 6.61 Å². The smallest absolute Gasteiger partial charge is 0.343 e. The average molecular weight is 583 g/mol. The highest BCUT2D eigenvalue weighted by molar-refractivity contribution is 7.89. The Bertz CT molecular complexity index is 1920. The van der Waals surface area contributed by atoms with E-state index in [0.29, 0.717) is 0 Å². The lowest BCUT2D eigenvalue weighted by molar-refractivity contribution is 0.0524. The van der Waals surface area contributed by atoms with Gasteiger partial charge in [0.15, 0.2) is 0 Å². The zero-order chi connectivity index (χ0) is 29.2. The van der Waals surface area contributed by atoms with Crippen LogP contribution >= 0.6 is 0 Å². The van der Waals surface area contributed by atoms with E-state index in [2.05, 4.69) is 0 Å². The zero-order valence-corrected chi connectivity index (χ0v) is 23.0. The van der Waals surface area contributed by atoms with Crippen molar-refractivity contribution >= 4 is 26.9 Å². The number of aryl methyl sites for hydroxylation is 1. The zero-order valence-electron chi connectivity index (χ0n) is 22.2. The highest BCUT2D eigenvalue weighted by Gasteiger charge is 2.36. The Morgan fingerprint density at radius 1 is 0.976 bits per heavy atom. The number of esters is 1. The number of hydrogen-bond donors (Lipinski definition) is 0. The normalized spacial score (nSPS) is 15.3. The number of aromatic nitrogens is 1. The topological polar surface area (TPSA) is 85.7 Å². The van der Waals surface area contributed by atoms with E-state index < -0.39 is 45.4 Å². The molecule has 1 aromatic heterocycles. The van der Waals surface area contributed by atoms with Crippen LogP contribution < -0.4 is 5.43 Å². The van der Waals surface area contributed by atoms with Gasteiger partial charge in [0.25, 0.3) is 0 Å². The molecule has 7 nitrogen and oxygen atoms in total. The van der Waals surface area contributed by atoms with Gasteiger partial charge in [-0.2, -0.15) is 4.31 Å². The first-order chi connectivity index (χ1) is 19.5. The average Bonchev–Trinajstić information content (AvgIpc) is 3.67. The van der Waals surface area contributed by atoms with Crippen molar-refractivity contribution in [3.63, 3.8) is 0 Å². The van der Waals surface area contributed by atoms with Crippen LogP contribution in [0, 0.1) is 24.4 Å². The van der Waals surface area contributed by atoms with Crippen LogP contribution in [0.4, 0.5) is 13.2 Å². The van der Waals surface area contributed by atoms with E-state index >= 15 is 13.2 Å². The number of sulfonamides is 1. The Morgan fingerprint density at radius 3 is 2.32 bits per heavy atom. The first-order valence-corrected chi connectivity index (χ1v) is 14.6.